The highest BCUT2D eigenvalue weighted by Crippen LogP contribution is 2.28. The Labute approximate surface area is 146 Å². The predicted molar refractivity (Wildman–Crippen MR) is 92.9 cm³/mol. The molecule has 1 N–H and O–H groups in total. The number of aryl methyl sites for hydroxylation is 1. The predicted octanol–water partition coefficient (Wildman–Crippen LogP) is 2.18. The molecule has 0 radical (unpaired) electrons. The number of aromatic nitrogens is 3. The van der Waals surface area contributed by atoms with Crippen LogP contribution >= 0.6 is 0 Å². The summed E-state index contributed by atoms with van der Waals surface area (Å²) in [5, 5.41) is 6.94. The molecule has 25 heavy (non-hydrogen) atoms. The third kappa shape index (κ3) is 3.81. The summed E-state index contributed by atoms with van der Waals surface area (Å²) in [6, 6.07) is 3.82. The summed E-state index contributed by atoms with van der Waals surface area (Å²) in [5.41, 5.74) is 0.853. The van der Waals surface area contributed by atoms with E-state index >= 15 is 0 Å². The van der Waals surface area contributed by atoms with Crippen LogP contribution in [-0.2, 0) is 4.79 Å². The average Bonchev–Trinajstić information content (AvgIpc) is 3.38. The number of pyridine rings is 1. The van der Waals surface area contributed by atoms with Crippen LogP contribution in [0.25, 0.3) is 11.5 Å². The second-order valence-electron chi connectivity index (χ2n) is 7.02. The molecule has 1 amide bonds. The van der Waals surface area contributed by atoms with E-state index < -0.39 is 0 Å². The van der Waals surface area contributed by atoms with Gasteiger partial charge in [0.25, 0.3) is 5.89 Å². The van der Waals surface area contributed by atoms with Crippen LogP contribution in [0.2, 0.25) is 0 Å². The van der Waals surface area contributed by atoms with Crippen LogP contribution in [0.15, 0.2) is 22.9 Å². The molecule has 2 aromatic heterocycles. The molecule has 2 aromatic rings. The quantitative estimate of drug-likeness (QED) is 0.897. The first-order valence-corrected chi connectivity index (χ1v) is 8.98. The number of piperidine rings is 1. The summed E-state index contributed by atoms with van der Waals surface area (Å²) in [6.07, 6.45) is 6.19. The van der Waals surface area contributed by atoms with Gasteiger partial charge in [-0.05, 0) is 50.7 Å². The third-order valence-corrected chi connectivity index (χ3v) is 4.90. The van der Waals surface area contributed by atoms with E-state index in [4.69, 9.17) is 4.52 Å². The van der Waals surface area contributed by atoms with Crippen molar-refractivity contribution in [2.24, 2.45) is 11.8 Å². The Bertz CT molecular complexity index is 755. The number of nitrogens with zero attached hydrogens (tertiary/aromatic N) is 4. The molecule has 1 aliphatic heterocycles. The van der Waals surface area contributed by atoms with Crippen molar-refractivity contribution in [3.05, 3.63) is 24.2 Å². The van der Waals surface area contributed by atoms with Crippen molar-refractivity contribution in [2.45, 2.75) is 32.6 Å². The fourth-order valence-corrected chi connectivity index (χ4v) is 3.25. The molecule has 7 heteroatoms. The van der Waals surface area contributed by atoms with Gasteiger partial charge in [0.05, 0.1) is 5.92 Å². The monoisotopic (exact) mass is 341 g/mol. The van der Waals surface area contributed by atoms with Gasteiger partial charge in [0, 0.05) is 31.4 Å². The zero-order chi connectivity index (χ0) is 17.2. The molecular weight excluding hydrogens is 318 g/mol. The Kier molecular flexibility index (Phi) is 4.38. The van der Waals surface area contributed by atoms with Crippen molar-refractivity contribution >= 4 is 11.7 Å². The fourth-order valence-electron chi connectivity index (χ4n) is 3.25. The Morgan fingerprint density at radius 3 is 3.04 bits per heavy atom. The second kappa shape index (κ2) is 6.82. The molecule has 0 unspecified atom stereocenters. The van der Waals surface area contributed by atoms with Crippen LogP contribution in [-0.4, -0.2) is 40.7 Å². The van der Waals surface area contributed by atoms with Crippen LogP contribution in [0.4, 0.5) is 5.82 Å². The molecule has 0 spiro atoms. The summed E-state index contributed by atoms with van der Waals surface area (Å²) in [6.45, 7) is 4.24. The number of hydrogen-bond acceptors (Lipinski definition) is 6. The molecule has 1 saturated carbocycles. The van der Waals surface area contributed by atoms with Gasteiger partial charge in [0.2, 0.25) is 5.91 Å². The first-order valence-electron chi connectivity index (χ1n) is 8.98. The minimum Gasteiger partial charge on any atom is -0.356 e. The smallest absolute Gasteiger partial charge is 0.258 e. The number of amides is 1. The van der Waals surface area contributed by atoms with Crippen molar-refractivity contribution in [1.29, 1.82) is 0 Å². The molecule has 3 heterocycles. The summed E-state index contributed by atoms with van der Waals surface area (Å²) in [4.78, 5) is 23.3. The maximum Gasteiger partial charge on any atom is 0.258 e. The lowest BCUT2D eigenvalue weighted by atomic mass is 9.97. The first kappa shape index (κ1) is 16.1. The molecule has 7 nitrogen and oxygen atoms in total. The molecule has 1 aliphatic carbocycles. The van der Waals surface area contributed by atoms with Gasteiger partial charge in [-0.25, -0.2) is 4.98 Å². The zero-order valence-electron chi connectivity index (χ0n) is 14.4. The van der Waals surface area contributed by atoms with E-state index in [1.807, 2.05) is 12.1 Å². The summed E-state index contributed by atoms with van der Waals surface area (Å²) in [5.74, 6) is 2.88. The molecule has 0 bridgehead atoms. The van der Waals surface area contributed by atoms with Gasteiger partial charge >= 0.3 is 0 Å². The minimum atomic E-state index is 0.0311. The van der Waals surface area contributed by atoms with Gasteiger partial charge in [-0.3, -0.25) is 4.79 Å². The van der Waals surface area contributed by atoms with E-state index in [0.29, 0.717) is 24.2 Å². The van der Waals surface area contributed by atoms with Crippen LogP contribution in [0.5, 0.6) is 0 Å². The van der Waals surface area contributed by atoms with Crippen molar-refractivity contribution in [1.82, 2.24) is 20.4 Å². The lowest BCUT2D eigenvalue weighted by Gasteiger charge is -2.33. The molecule has 4 rings (SSSR count). The van der Waals surface area contributed by atoms with E-state index in [0.717, 1.165) is 37.3 Å². The molecule has 2 fully saturated rings. The lowest BCUT2D eigenvalue weighted by molar-refractivity contribution is -0.125. The number of nitrogens with one attached hydrogen (secondary N) is 1. The van der Waals surface area contributed by atoms with Crippen molar-refractivity contribution in [2.75, 3.05) is 24.5 Å². The normalized spacial score (nSPS) is 20.5. The molecule has 1 saturated heterocycles. The maximum atomic E-state index is 12.4. The van der Waals surface area contributed by atoms with Crippen molar-refractivity contribution < 1.29 is 9.32 Å². The van der Waals surface area contributed by atoms with Crippen molar-refractivity contribution in [3.63, 3.8) is 0 Å². The minimum absolute atomic E-state index is 0.0311. The van der Waals surface area contributed by atoms with Crippen LogP contribution < -0.4 is 10.2 Å². The van der Waals surface area contributed by atoms with E-state index in [2.05, 4.69) is 25.3 Å². The van der Waals surface area contributed by atoms with E-state index in [1.54, 1.807) is 13.1 Å². The molecule has 1 atom stereocenters. The summed E-state index contributed by atoms with van der Waals surface area (Å²) in [7, 11) is 0. The number of carbonyl (C=O) groups excluding carboxylic acids is 1. The van der Waals surface area contributed by atoms with Gasteiger partial charge in [-0.1, -0.05) is 5.16 Å². The van der Waals surface area contributed by atoms with Gasteiger partial charge in [0.1, 0.15) is 5.82 Å². The standard InChI is InChI=1S/C18H23N5O2/c1-12-21-18(25-22-12)14-6-7-19-16(9-14)23-8-2-3-15(11-23)17(24)20-10-13-4-5-13/h6-7,9,13,15H,2-5,8,10-11H2,1H3,(H,20,24)/t15-/m0/s1. The van der Waals surface area contributed by atoms with Gasteiger partial charge in [-0.2, -0.15) is 4.98 Å². The zero-order valence-corrected chi connectivity index (χ0v) is 14.4. The molecule has 0 aromatic carbocycles. The lowest BCUT2D eigenvalue weighted by Crippen LogP contribution is -2.43. The second-order valence-corrected chi connectivity index (χ2v) is 7.02. The largest absolute Gasteiger partial charge is 0.356 e. The summed E-state index contributed by atoms with van der Waals surface area (Å²) >= 11 is 0. The number of rotatable bonds is 5. The van der Waals surface area contributed by atoms with Crippen LogP contribution in [0.3, 0.4) is 0 Å². The Morgan fingerprint density at radius 1 is 1.40 bits per heavy atom. The molecule has 2 aliphatic rings. The third-order valence-electron chi connectivity index (χ3n) is 4.90. The van der Waals surface area contributed by atoms with Crippen molar-refractivity contribution in [3.8, 4) is 11.5 Å². The summed E-state index contributed by atoms with van der Waals surface area (Å²) < 4.78 is 5.24. The maximum absolute atomic E-state index is 12.4. The highest BCUT2D eigenvalue weighted by molar-refractivity contribution is 5.79. The number of hydrogen-bond donors (Lipinski definition) is 1. The highest BCUT2D eigenvalue weighted by atomic mass is 16.5. The van der Waals surface area contributed by atoms with E-state index in [1.165, 1.54) is 12.8 Å². The topological polar surface area (TPSA) is 84.2 Å². The van der Waals surface area contributed by atoms with Gasteiger partial charge < -0.3 is 14.7 Å². The van der Waals surface area contributed by atoms with E-state index in [-0.39, 0.29) is 11.8 Å². The highest BCUT2D eigenvalue weighted by Gasteiger charge is 2.28. The first-order chi connectivity index (χ1) is 12.2. The van der Waals surface area contributed by atoms with Crippen LogP contribution in [0, 0.1) is 18.8 Å². The Morgan fingerprint density at radius 2 is 2.28 bits per heavy atom. The number of anilines is 1. The fraction of sp³-hybridized carbons (Fsp3) is 0.556. The SMILES string of the molecule is Cc1noc(-c2ccnc(N3CCC[C@H](C(=O)NCC4CC4)C3)c2)n1. The Hall–Kier alpha value is -2.44. The molecular formula is C18H23N5O2. The number of carbonyl (C=O) groups is 1. The van der Waals surface area contributed by atoms with Gasteiger partial charge in [-0.15, -0.1) is 0 Å². The average molecular weight is 341 g/mol. The van der Waals surface area contributed by atoms with E-state index in [9.17, 15) is 4.79 Å². The van der Waals surface area contributed by atoms with Gasteiger partial charge in [0.15, 0.2) is 5.82 Å². The molecule has 132 valence electrons. The van der Waals surface area contributed by atoms with Crippen LogP contribution in [0.1, 0.15) is 31.5 Å². The Balaban J connectivity index is 1.44.